The van der Waals surface area contributed by atoms with Gasteiger partial charge in [-0.1, -0.05) is 123 Å². The fourth-order valence-corrected chi connectivity index (χ4v) is 10.4. The van der Waals surface area contributed by atoms with Gasteiger partial charge in [-0.05, 0) is 137 Å². The summed E-state index contributed by atoms with van der Waals surface area (Å²) in [4.78, 5) is 157. The minimum atomic E-state index is -3.34. The lowest BCUT2D eigenvalue weighted by molar-refractivity contribution is -0.374. The Morgan fingerprint density at radius 2 is 0.975 bits per heavy atom. The first-order valence-corrected chi connectivity index (χ1v) is 38.6. The zero-order valence-corrected chi connectivity index (χ0v) is 69.5. The first kappa shape index (κ1) is 104. The summed E-state index contributed by atoms with van der Waals surface area (Å²) >= 11 is 0. The fraction of sp³-hybridized carbons (Fsp3) is 0.543. The molecule has 0 aliphatic carbocycles. The van der Waals surface area contributed by atoms with Crippen molar-refractivity contribution >= 4 is 77.5 Å². The zero-order valence-electron chi connectivity index (χ0n) is 69.5. The minimum absolute atomic E-state index is 0.0244. The topological polar surface area (TPSA) is 532 Å². The summed E-state index contributed by atoms with van der Waals surface area (Å²) in [6.07, 6.45) is -4.28. The lowest BCUT2D eigenvalue weighted by Gasteiger charge is -2.26. The van der Waals surface area contributed by atoms with E-state index in [2.05, 4.69) is 66.6 Å². The molecule has 3 heterocycles. The van der Waals surface area contributed by atoms with Crippen molar-refractivity contribution in [2.45, 2.75) is 195 Å². The second kappa shape index (κ2) is 58.2. The third kappa shape index (κ3) is 50.1. The quantitative estimate of drug-likeness (QED) is 0.00466. The van der Waals surface area contributed by atoms with E-state index in [1.807, 2.05) is 137 Å². The predicted octanol–water partition coefficient (Wildman–Crippen LogP) is 7.88. The number of nitrogens with zero attached hydrogens (tertiary/aromatic N) is 6. The Balaban J connectivity index is 0.000000592. The number of rotatable bonds is 44. The number of hydrogen-bond acceptors (Lipinski definition) is 27. The number of carbonyl (C=O) groups excluding carboxylic acids is 13. The van der Waals surface area contributed by atoms with E-state index in [4.69, 9.17) is 58.9 Å². The summed E-state index contributed by atoms with van der Waals surface area (Å²) in [6, 6.07) is 30.4. The van der Waals surface area contributed by atoms with Crippen molar-refractivity contribution in [2.24, 2.45) is 28.0 Å². The highest BCUT2D eigenvalue weighted by Crippen LogP contribution is 2.23. The molecule has 7 rings (SSSR count). The molecular weight excluding hydrogens is 1580 g/mol. The average molecular weight is 1690 g/mol. The van der Waals surface area contributed by atoms with E-state index in [1.165, 1.54) is 6.92 Å². The van der Waals surface area contributed by atoms with Gasteiger partial charge in [0.2, 0.25) is 11.8 Å². The molecule has 0 radical (unpaired) electrons. The van der Waals surface area contributed by atoms with E-state index >= 15 is 0 Å². The van der Waals surface area contributed by atoms with Gasteiger partial charge in [0.05, 0.1) is 77.7 Å². The van der Waals surface area contributed by atoms with Crippen molar-refractivity contribution < 1.29 is 134 Å². The van der Waals surface area contributed by atoms with Crippen LogP contribution < -0.4 is 46.9 Å². The minimum Gasteiger partial charge on any atom is -0.544 e. The average Bonchev–Trinajstić information content (AvgIpc) is 0.920. The number of carboxylic acids is 1. The molecule has 37 nitrogen and oxygen atoms in total. The lowest BCUT2D eigenvalue weighted by Crippen LogP contribution is -2.52. The largest absolute Gasteiger partial charge is 0.544 e. The number of carbonyl (C=O) groups is 13. The number of carboxylic acid groups (broad SMARTS) is 1. The Bertz CT molecular complexity index is 3950. The predicted molar refractivity (Wildman–Crippen MR) is 424 cm³/mol. The molecular formula is C81H112F2N12O25. The van der Waals surface area contributed by atoms with Crippen molar-refractivity contribution in [3.8, 4) is 11.5 Å². The number of amides is 5. The Morgan fingerprint density at radius 3 is 1.38 bits per heavy atom. The van der Waals surface area contributed by atoms with Crippen LogP contribution in [0.1, 0.15) is 143 Å². The number of quaternary nitrogens is 1. The van der Waals surface area contributed by atoms with Gasteiger partial charge >= 0.3 is 48.1 Å². The second-order valence-electron chi connectivity index (χ2n) is 29.4. The van der Waals surface area contributed by atoms with E-state index < -0.39 is 114 Å². The first-order valence-electron chi connectivity index (χ1n) is 38.6. The molecule has 3 saturated heterocycles. The summed E-state index contributed by atoms with van der Waals surface area (Å²) in [7, 11) is 0. The van der Waals surface area contributed by atoms with Crippen LogP contribution in [-0.2, 0) is 117 Å². The smallest absolute Gasteiger partial charge is 0.415 e. The normalized spacial score (nSPS) is 15.1. The molecule has 120 heavy (non-hydrogen) atoms. The number of hydrogen-bond donors (Lipinski definition) is 6. The maximum Gasteiger partial charge on any atom is 0.415 e. The molecule has 3 aliphatic heterocycles. The number of nitrogens with one attached hydrogen (secondary N) is 5. The summed E-state index contributed by atoms with van der Waals surface area (Å²) in [5, 5.41) is 28.1. The van der Waals surface area contributed by atoms with Crippen molar-refractivity contribution in [1.29, 1.82) is 0 Å². The van der Waals surface area contributed by atoms with Gasteiger partial charge in [-0.15, -0.1) is 0 Å². The molecule has 4 aromatic rings. The van der Waals surface area contributed by atoms with Crippen LogP contribution in [0.15, 0.2) is 119 Å². The van der Waals surface area contributed by atoms with Gasteiger partial charge in [0, 0.05) is 61.6 Å². The van der Waals surface area contributed by atoms with Gasteiger partial charge < -0.3 is 94.3 Å². The molecule has 0 aromatic heterocycles. The number of Topliss-reactive ketones (excluding diaryl/α,β-unsaturated/α-hetero) is 2. The summed E-state index contributed by atoms with van der Waals surface area (Å²) in [6.45, 7) is 25.1. The van der Waals surface area contributed by atoms with Gasteiger partial charge in [-0.25, -0.2) is 37.5 Å². The summed E-state index contributed by atoms with van der Waals surface area (Å²) < 4.78 is 76.9. The summed E-state index contributed by atoms with van der Waals surface area (Å²) in [5.74, 6) is -5.87. The molecule has 8 N–H and O–H groups in total. The van der Waals surface area contributed by atoms with Gasteiger partial charge in [-0.3, -0.25) is 28.8 Å². The van der Waals surface area contributed by atoms with E-state index in [1.54, 1.807) is 41.5 Å². The van der Waals surface area contributed by atoms with Crippen LogP contribution in [0.25, 0.3) is 20.9 Å². The molecule has 4 aromatic carbocycles. The van der Waals surface area contributed by atoms with Gasteiger partial charge in [0.1, 0.15) is 60.0 Å². The number of benzene rings is 4. The monoisotopic (exact) mass is 1690 g/mol. The maximum absolute atomic E-state index is 13.8. The number of ketones is 2. The van der Waals surface area contributed by atoms with Crippen molar-refractivity contribution in [1.82, 2.24) is 26.6 Å². The van der Waals surface area contributed by atoms with Gasteiger partial charge in [0.15, 0.2) is 11.6 Å². The highest BCUT2D eigenvalue weighted by molar-refractivity contribution is 5.98. The van der Waals surface area contributed by atoms with Crippen LogP contribution in [-0.4, -0.2) is 198 Å². The van der Waals surface area contributed by atoms with Crippen LogP contribution in [0.2, 0.25) is 0 Å². The fourth-order valence-electron chi connectivity index (χ4n) is 10.4. The van der Waals surface area contributed by atoms with Crippen molar-refractivity contribution in [3.63, 3.8) is 0 Å². The number of ether oxygens (including phenoxy) is 11. The Kier molecular flexibility index (Phi) is 50.6. The third-order valence-corrected chi connectivity index (χ3v) is 15.6. The molecule has 0 bridgehead atoms. The molecule has 0 unspecified atom stereocenters. The Hall–Kier alpha value is -11.7. The number of azide groups is 2. The molecule has 6 atom stereocenters. The maximum atomic E-state index is 13.8. The molecule has 39 heteroatoms. The number of cyclic esters (lactones) is 6. The zero-order chi connectivity index (χ0) is 89.6. The van der Waals surface area contributed by atoms with Crippen LogP contribution in [0.5, 0.6) is 11.5 Å². The standard InChI is InChI=1S/C40H57N5O9.C17H15NO4.C9H13NO5.C7H11NO3.C6H14N4O2.C2H2F2O2/c1-28(2)23-32(25-37(48)34(43-29(3)46)24-30-14-16-33(17-15-30)53-27-31-11-8-7-9-12-31)39(50)44-35(26-38(49)54-40(4,5)6)36(47)13-10-19-51-21-22-52-20-18-42-45-41;19-16-15(18-17(20)22-16)10-12-6-8-14(9-7-12)21-11-13-4-2-1-3-5-13;1-9(2,3)15-6(11)4-5-7(12)14-8(13)10-5;1-4(2)3-5-6(9)11-7(10)8-5;7-1-3-11-5-6-12-4-2-9-10-8;3-1(4)2(5)6/h7-9,11-12,14-17,28,32,34-35H,10,13,18-27H2,1-6H3,(H,43,46)(H,44,50);1-9,15H,10-11H2,(H,18,20);5H,4H2,1-3H3,(H,10,13);4-5H,3H2,1-2H3,(H,8,10);1-7H2;1H,(H,5,6)/t32-,34-,35-;15-;2*5-;;/m0001../s1. The van der Waals surface area contributed by atoms with E-state index in [9.17, 15) is 66.3 Å². The molecule has 3 aliphatic rings. The van der Waals surface area contributed by atoms with Crippen LogP contribution in [0, 0.1) is 17.8 Å². The number of esters is 5. The second-order valence-corrected chi connectivity index (χ2v) is 29.4. The highest BCUT2D eigenvalue weighted by atomic mass is 19.3. The van der Waals surface area contributed by atoms with Crippen LogP contribution in [0.3, 0.4) is 0 Å². The molecule has 660 valence electrons. The Labute approximate surface area is 694 Å². The van der Waals surface area contributed by atoms with E-state index in [0.29, 0.717) is 90.1 Å². The highest BCUT2D eigenvalue weighted by Gasteiger charge is 2.37. The van der Waals surface area contributed by atoms with E-state index in [-0.39, 0.29) is 81.9 Å². The molecule has 0 saturated carbocycles. The molecule has 5 amide bonds. The Morgan fingerprint density at radius 1 is 0.542 bits per heavy atom. The van der Waals surface area contributed by atoms with Gasteiger partial charge in [0.25, 0.3) is 6.43 Å². The number of alkyl carbamates (subject to hydrolysis) is 3. The van der Waals surface area contributed by atoms with Crippen molar-refractivity contribution in [2.75, 3.05) is 72.5 Å². The molecule has 3 fully saturated rings. The first-order chi connectivity index (χ1) is 56.8. The number of alkyl halides is 2. The number of aliphatic carboxylic acids is 1. The molecule has 0 spiro atoms. The SMILES string of the molecule is CC(=O)N[C@@H](Cc1ccc(OCc2ccccc2)cc1)C(=O)C[C@H](CC(C)C)C(=O)N[C@@H](CC(=O)OC(C)(C)C)C(=O)CCCOCCOCCN=[N+]=[N-].CC(C)(C)OC(=O)C[C@@H]1NC(=O)OC1=O.CC(C)C[C@H]1NC(=O)OC1=O.O=C([O-])C(F)F.O=C1N[C@@H](Cc2ccc(OCc3ccccc3)cc2)C(=O)O1.[N-]=[N+]=NCCOCCOCC[NH3+]. The lowest BCUT2D eigenvalue weighted by atomic mass is 9.88. The third-order valence-electron chi connectivity index (χ3n) is 15.6. The van der Waals surface area contributed by atoms with Crippen LogP contribution in [0.4, 0.5) is 23.2 Å². The number of halogens is 2. The van der Waals surface area contributed by atoms with E-state index in [0.717, 1.165) is 34.5 Å². The van der Waals surface area contributed by atoms with Crippen LogP contribution >= 0.6 is 0 Å². The van der Waals surface area contributed by atoms with Gasteiger partial charge in [-0.2, -0.15) is 0 Å². The van der Waals surface area contributed by atoms with Crippen molar-refractivity contribution in [3.05, 3.63) is 152 Å². The summed E-state index contributed by atoms with van der Waals surface area (Å²) in [5.41, 5.74) is 22.3.